The Kier molecular flexibility index (Phi) is 8.11. The predicted octanol–water partition coefficient (Wildman–Crippen LogP) is 3.52. The number of carbonyl (C=O) groups is 1. The van der Waals surface area contributed by atoms with Gasteiger partial charge < -0.3 is 15.4 Å². The van der Waals surface area contributed by atoms with Crippen LogP contribution in [0.25, 0.3) is 11.0 Å². The molecule has 1 aromatic carbocycles. The van der Waals surface area contributed by atoms with E-state index in [0.717, 1.165) is 46.3 Å². The summed E-state index contributed by atoms with van der Waals surface area (Å²) in [6.45, 7) is 8.20. The predicted molar refractivity (Wildman–Crippen MR) is 125 cm³/mol. The molecule has 2 aromatic heterocycles. The summed E-state index contributed by atoms with van der Waals surface area (Å²) in [7, 11) is 1.62. The quantitative estimate of drug-likeness (QED) is 0.347. The number of hydrogen-bond donors (Lipinski definition) is 2. The van der Waals surface area contributed by atoms with Gasteiger partial charge in [0.05, 0.1) is 31.7 Å². The smallest absolute Gasteiger partial charge is 0.224 e. The largest absolute Gasteiger partial charge is 0.497 e. The van der Waals surface area contributed by atoms with Gasteiger partial charge in [-0.05, 0) is 24.1 Å². The van der Waals surface area contributed by atoms with Crippen molar-refractivity contribution < 1.29 is 9.53 Å². The Morgan fingerprint density at radius 2 is 1.97 bits per heavy atom. The number of rotatable bonds is 11. The van der Waals surface area contributed by atoms with Gasteiger partial charge in [0.2, 0.25) is 5.91 Å². The summed E-state index contributed by atoms with van der Waals surface area (Å²) in [5.41, 5.74) is 1.72. The molecule has 9 heteroatoms. The Hall–Kier alpha value is -2.81. The van der Waals surface area contributed by atoms with Crippen LogP contribution in [0.2, 0.25) is 0 Å². The number of amides is 1. The maximum absolute atomic E-state index is 12.3. The van der Waals surface area contributed by atoms with E-state index in [1.165, 1.54) is 0 Å². The second-order valence-electron chi connectivity index (χ2n) is 7.43. The molecule has 0 saturated carbocycles. The van der Waals surface area contributed by atoms with Gasteiger partial charge in [-0.15, -0.1) is 0 Å². The van der Waals surface area contributed by atoms with Gasteiger partial charge in [-0.2, -0.15) is 5.10 Å². The Morgan fingerprint density at radius 1 is 1.19 bits per heavy atom. The maximum atomic E-state index is 12.3. The molecule has 0 atom stereocenters. The van der Waals surface area contributed by atoms with Crippen LogP contribution in [0.4, 0.5) is 5.82 Å². The zero-order valence-corrected chi connectivity index (χ0v) is 19.3. The lowest BCUT2D eigenvalue weighted by molar-refractivity contribution is -0.120. The van der Waals surface area contributed by atoms with Crippen molar-refractivity contribution in [3.63, 3.8) is 0 Å². The Bertz CT molecular complexity index is 1000. The highest BCUT2D eigenvalue weighted by Crippen LogP contribution is 2.26. The summed E-state index contributed by atoms with van der Waals surface area (Å²) in [4.78, 5) is 21.7. The van der Waals surface area contributed by atoms with Crippen molar-refractivity contribution in [3.05, 3.63) is 36.0 Å². The van der Waals surface area contributed by atoms with Crippen LogP contribution in [0.5, 0.6) is 5.75 Å². The van der Waals surface area contributed by atoms with Crippen LogP contribution in [0.3, 0.4) is 0 Å². The molecule has 0 fully saturated rings. The topological polar surface area (TPSA) is 94.0 Å². The molecular formula is C22H30N6O2S. The molecule has 2 N–H and O–H groups in total. The number of hydrogen-bond acceptors (Lipinski definition) is 7. The van der Waals surface area contributed by atoms with E-state index in [0.29, 0.717) is 24.8 Å². The van der Waals surface area contributed by atoms with Crippen molar-refractivity contribution in [1.82, 2.24) is 25.1 Å². The van der Waals surface area contributed by atoms with Crippen molar-refractivity contribution in [2.24, 2.45) is 0 Å². The number of fused-ring (bicyclic) bond motifs is 1. The van der Waals surface area contributed by atoms with E-state index >= 15 is 0 Å². The van der Waals surface area contributed by atoms with Crippen molar-refractivity contribution in [3.8, 4) is 5.75 Å². The first-order chi connectivity index (χ1) is 15.0. The van der Waals surface area contributed by atoms with E-state index in [2.05, 4.69) is 41.5 Å². The molecule has 2 heterocycles. The van der Waals surface area contributed by atoms with E-state index in [1.807, 2.05) is 28.9 Å². The van der Waals surface area contributed by atoms with E-state index < -0.39 is 0 Å². The van der Waals surface area contributed by atoms with Gasteiger partial charge in [0, 0.05) is 18.3 Å². The molecule has 31 heavy (non-hydrogen) atoms. The first kappa shape index (κ1) is 22.9. The number of thioether (sulfide) groups is 1. The molecule has 0 saturated heterocycles. The standard InChI is InChI=1S/C22H30N6O2S/c1-5-10-24-20-18-14-25-28(21(18)27-22(26-20)31-15(2)3)12-11-23-19(29)13-16-6-8-17(30-4)9-7-16/h6-9,14-15H,5,10-13H2,1-4H3,(H,23,29)(H,24,26,27). The summed E-state index contributed by atoms with van der Waals surface area (Å²) in [5.74, 6) is 1.56. The zero-order chi connectivity index (χ0) is 22.2. The molecule has 0 bridgehead atoms. The molecule has 0 spiro atoms. The first-order valence-electron chi connectivity index (χ1n) is 10.5. The van der Waals surface area contributed by atoms with Crippen molar-refractivity contribution >= 4 is 34.5 Å². The molecule has 3 aromatic rings. The monoisotopic (exact) mass is 442 g/mol. The van der Waals surface area contributed by atoms with E-state index in [4.69, 9.17) is 9.72 Å². The highest BCUT2D eigenvalue weighted by Gasteiger charge is 2.14. The van der Waals surface area contributed by atoms with E-state index in [9.17, 15) is 4.79 Å². The van der Waals surface area contributed by atoms with Crippen molar-refractivity contribution in [2.45, 2.75) is 50.6 Å². The van der Waals surface area contributed by atoms with Gasteiger partial charge in [0.25, 0.3) is 0 Å². The number of anilines is 1. The second-order valence-corrected chi connectivity index (χ2v) is 8.97. The fourth-order valence-electron chi connectivity index (χ4n) is 3.03. The molecule has 0 unspecified atom stereocenters. The minimum atomic E-state index is -0.0300. The molecule has 3 rings (SSSR count). The fourth-order valence-corrected chi connectivity index (χ4v) is 3.74. The molecule has 166 valence electrons. The Balaban J connectivity index is 1.65. The van der Waals surface area contributed by atoms with Crippen LogP contribution in [-0.4, -0.2) is 51.1 Å². The van der Waals surface area contributed by atoms with Crippen molar-refractivity contribution in [2.75, 3.05) is 25.5 Å². The molecule has 0 radical (unpaired) electrons. The van der Waals surface area contributed by atoms with Gasteiger partial charge in [-0.1, -0.05) is 44.7 Å². The van der Waals surface area contributed by atoms with Crippen LogP contribution in [0.15, 0.2) is 35.6 Å². The lowest BCUT2D eigenvalue weighted by Crippen LogP contribution is -2.28. The second kappa shape index (κ2) is 11.0. The number of benzene rings is 1. The van der Waals surface area contributed by atoms with Crippen LogP contribution in [0, 0.1) is 0 Å². The number of ether oxygens (including phenoxy) is 1. The summed E-state index contributed by atoms with van der Waals surface area (Å²) < 4.78 is 6.97. The lowest BCUT2D eigenvalue weighted by Gasteiger charge is -2.10. The number of carbonyl (C=O) groups excluding carboxylic acids is 1. The molecular weight excluding hydrogens is 412 g/mol. The lowest BCUT2D eigenvalue weighted by atomic mass is 10.1. The van der Waals surface area contributed by atoms with E-state index in [1.54, 1.807) is 25.1 Å². The van der Waals surface area contributed by atoms with Crippen LogP contribution in [0.1, 0.15) is 32.8 Å². The SMILES string of the molecule is CCCNc1nc(SC(C)C)nc2c1cnn2CCNC(=O)Cc1ccc(OC)cc1. The van der Waals surface area contributed by atoms with Crippen LogP contribution < -0.4 is 15.4 Å². The zero-order valence-electron chi connectivity index (χ0n) is 18.5. The highest BCUT2D eigenvalue weighted by atomic mass is 32.2. The fraction of sp³-hybridized carbons (Fsp3) is 0.455. The molecule has 0 aliphatic carbocycles. The molecule has 0 aliphatic heterocycles. The molecule has 8 nitrogen and oxygen atoms in total. The van der Waals surface area contributed by atoms with Gasteiger partial charge in [0.1, 0.15) is 11.6 Å². The maximum Gasteiger partial charge on any atom is 0.224 e. The molecule has 1 amide bonds. The summed E-state index contributed by atoms with van der Waals surface area (Å²) in [5, 5.41) is 12.8. The average molecular weight is 443 g/mol. The van der Waals surface area contributed by atoms with Crippen molar-refractivity contribution in [1.29, 1.82) is 0 Å². The van der Waals surface area contributed by atoms with Gasteiger partial charge >= 0.3 is 0 Å². The van der Waals surface area contributed by atoms with Gasteiger partial charge in [-0.25, -0.2) is 14.6 Å². The van der Waals surface area contributed by atoms with E-state index in [-0.39, 0.29) is 5.91 Å². The number of aromatic nitrogens is 4. The van der Waals surface area contributed by atoms with Gasteiger partial charge in [-0.3, -0.25) is 4.79 Å². The third kappa shape index (κ3) is 6.33. The number of nitrogens with one attached hydrogen (secondary N) is 2. The highest BCUT2D eigenvalue weighted by molar-refractivity contribution is 7.99. The number of nitrogens with zero attached hydrogens (tertiary/aromatic N) is 4. The normalized spacial score (nSPS) is 11.1. The van der Waals surface area contributed by atoms with Crippen LogP contribution in [-0.2, 0) is 17.8 Å². The Morgan fingerprint density at radius 3 is 2.65 bits per heavy atom. The third-order valence-electron chi connectivity index (χ3n) is 4.53. The summed E-state index contributed by atoms with van der Waals surface area (Å²) >= 11 is 1.62. The van der Waals surface area contributed by atoms with Gasteiger partial charge in [0.15, 0.2) is 10.8 Å². The summed E-state index contributed by atoms with van der Waals surface area (Å²) in [6, 6.07) is 7.51. The van der Waals surface area contributed by atoms with Crippen LogP contribution >= 0.6 is 11.8 Å². The third-order valence-corrected chi connectivity index (χ3v) is 5.39. The Labute approximate surface area is 187 Å². The minimum absolute atomic E-state index is 0.0300. The summed E-state index contributed by atoms with van der Waals surface area (Å²) in [6.07, 6.45) is 3.12. The molecule has 0 aliphatic rings. The number of methoxy groups -OCH3 is 1. The first-order valence-corrected chi connectivity index (χ1v) is 11.4. The minimum Gasteiger partial charge on any atom is -0.497 e. The average Bonchev–Trinajstić information content (AvgIpc) is 3.15.